The van der Waals surface area contributed by atoms with E-state index in [1.54, 1.807) is 17.9 Å². The molecule has 1 amide bonds. The van der Waals surface area contributed by atoms with Gasteiger partial charge in [-0.05, 0) is 30.3 Å². The van der Waals surface area contributed by atoms with E-state index in [0.29, 0.717) is 20.7 Å². The number of carboxylic acid groups (broad SMARTS) is 1. The van der Waals surface area contributed by atoms with E-state index in [1.807, 2.05) is 60.8 Å². The molecule has 9 heteroatoms. The Morgan fingerprint density at radius 3 is 2.72 bits per heavy atom. The van der Waals surface area contributed by atoms with Crippen molar-refractivity contribution in [3.05, 3.63) is 71.3 Å². The van der Waals surface area contributed by atoms with Crippen LogP contribution in [0.3, 0.4) is 0 Å². The van der Waals surface area contributed by atoms with Gasteiger partial charge in [0.25, 0.3) is 5.91 Å². The first-order valence-corrected chi connectivity index (χ1v) is 11.0. The summed E-state index contributed by atoms with van der Waals surface area (Å²) in [5, 5.41) is 13.7. The molecule has 0 spiro atoms. The lowest BCUT2D eigenvalue weighted by molar-refractivity contribution is -0.137. The first-order chi connectivity index (χ1) is 15.5. The van der Waals surface area contributed by atoms with Gasteiger partial charge in [-0.15, -0.1) is 0 Å². The van der Waals surface area contributed by atoms with Crippen LogP contribution in [-0.2, 0) is 9.59 Å². The van der Waals surface area contributed by atoms with Crippen LogP contribution >= 0.6 is 24.0 Å². The van der Waals surface area contributed by atoms with Gasteiger partial charge >= 0.3 is 5.97 Å². The number of carboxylic acids is 1. The summed E-state index contributed by atoms with van der Waals surface area (Å²) < 4.78 is 7.46. The van der Waals surface area contributed by atoms with Crippen molar-refractivity contribution in [2.75, 3.05) is 13.7 Å². The number of nitrogens with zero attached hydrogens (tertiary/aromatic N) is 3. The molecule has 0 radical (unpaired) electrons. The Morgan fingerprint density at radius 2 is 2.00 bits per heavy atom. The van der Waals surface area contributed by atoms with Crippen molar-refractivity contribution in [1.29, 1.82) is 0 Å². The van der Waals surface area contributed by atoms with Crippen molar-refractivity contribution in [3.63, 3.8) is 0 Å². The van der Waals surface area contributed by atoms with E-state index >= 15 is 0 Å². The molecule has 0 unspecified atom stereocenters. The van der Waals surface area contributed by atoms with Crippen LogP contribution in [0.2, 0.25) is 0 Å². The van der Waals surface area contributed by atoms with Gasteiger partial charge in [0.2, 0.25) is 0 Å². The molecule has 7 nitrogen and oxygen atoms in total. The molecular weight excluding hydrogens is 446 g/mol. The standard InChI is InChI=1S/C23H19N3O4S2/c1-30-18-9-5-6-15(12-18)21-16(14-26(24-21)17-7-3-2-4-8-17)13-19-22(29)25(23(31)32-19)11-10-20(27)28/h2-9,12-14H,10-11H2,1H3,(H,27,28). The minimum absolute atomic E-state index is 0.0450. The fraction of sp³-hybridized carbons (Fsp3) is 0.130. The number of aliphatic carboxylic acids is 1. The third-order valence-electron chi connectivity index (χ3n) is 4.82. The topological polar surface area (TPSA) is 84.7 Å². The summed E-state index contributed by atoms with van der Waals surface area (Å²) in [5.41, 5.74) is 3.14. The number of thioether (sulfide) groups is 1. The summed E-state index contributed by atoms with van der Waals surface area (Å²) in [6, 6.07) is 17.2. The number of thiocarbonyl (C=S) groups is 1. The first kappa shape index (κ1) is 21.8. The van der Waals surface area contributed by atoms with Crippen LogP contribution in [0.1, 0.15) is 12.0 Å². The molecule has 1 aromatic heterocycles. The predicted octanol–water partition coefficient (Wildman–Crippen LogP) is 4.22. The van der Waals surface area contributed by atoms with Gasteiger partial charge in [0.15, 0.2) is 0 Å². The second kappa shape index (κ2) is 9.37. The fourth-order valence-corrected chi connectivity index (χ4v) is 4.54. The normalized spacial score (nSPS) is 14.9. The lowest BCUT2D eigenvalue weighted by atomic mass is 10.1. The molecule has 4 rings (SSSR count). The molecule has 0 aliphatic carbocycles. The number of rotatable bonds is 7. The number of ether oxygens (including phenoxy) is 1. The summed E-state index contributed by atoms with van der Waals surface area (Å²) in [6.45, 7) is 0.0450. The number of aromatic nitrogens is 2. The molecule has 1 aliphatic rings. The minimum atomic E-state index is -0.979. The van der Waals surface area contributed by atoms with Crippen molar-refractivity contribution < 1.29 is 19.4 Å². The van der Waals surface area contributed by atoms with Crippen molar-refractivity contribution in [3.8, 4) is 22.7 Å². The Labute approximate surface area is 194 Å². The smallest absolute Gasteiger partial charge is 0.305 e. The fourth-order valence-electron chi connectivity index (χ4n) is 3.24. The summed E-state index contributed by atoms with van der Waals surface area (Å²) in [5.74, 6) is -0.583. The second-order valence-corrected chi connectivity index (χ2v) is 8.60. The van der Waals surface area contributed by atoms with E-state index in [9.17, 15) is 9.59 Å². The number of amides is 1. The lowest BCUT2D eigenvalue weighted by Gasteiger charge is -2.12. The Morgan fingerprint density at radius 1 is 1.22 bits per heavy atom. The van der Waals surface area contributed by atoms with Crippen LogP contribution in [0.4, 0.5) is 0 Å². The highest BCUT2D eigenvalue weighted by Gasteiger charge is 2.32. The molecule has 1 fully saturated rings. The molecule has 0 atom stereocenters. The van der Waals surface area contributed by atoms with Crippen molar-refractivity contribution >= 4 is 46.3 Å². The Kier molecular flexibility index (Phi) is 6.38. The molecule has 3 aromatic rings. The number of para-hydroxylation sites is 1. The third-order valence-corrected chi connectivity index (χ3v) is 6.19. The number of carbonyl (C=O) groups is 2. The van der Waals surface area contributed by atoms with E-state index in [4.69, 9.17) is 27.2 Å². The molecule has 0 saturated carbocycles. The summed E-state index contributed by atoms with van der Waals surface area (Å²) in [6.07, 6.45) is 3.44. The van der Waals surface area contributed by atoms with E-state index in [1.165, 1.54) is 4.90 Å². The number of methoxy groups -OCH3 is 1. The largest absolute Gasteiger partial charge is 0.497 e. The Balaban J connectivity index is 1.76. The van der Waals surface area contributed by atoms with E-state index in [0.717, 1.165) is 28.6 Å². The van der Waals surface area contributed by atoms with Gasteiger partial charge in [0.05, 0.1) is 24.1 Å². The van der Waals surface area contributed by atoms with E-state index < -0.39 is 5.97 Å². The summed E-state index contributed by atoms with van der Waals surface area (Å²) >= 11 is 6.46. The van der Waals surface area contributed by atoms with E-state index in [2.05, 4.69) is 0 Å². The second-order valence-electron chi connectivity index (χ2n) is 6.92. The highest BCUT2D eigenvalue weighted by Crippen LogP contribution is 2.35. The molecule has 0 bridgehead atoms. The van der Waals surface area contributed by atoms with Crippen molar-refractivity contribution in [2.45, 2.75) is 6.42 Å². The van der Waals surface area contributed by atoms with E-state index in [-0.39, 0.29) is 18.9 Å². The SMILES string of the molecule is COc1cccc(-c2nn(-c3ccccc3)cc2C=C2SC(=S)N(CCC(=O)O)C2=O)c1. The van der Waals surface area contributed by atoms with Gasteiger partial charge in [-0.25, -0.2) is 4.68 Å². The van der Waals surface area contributed by atoms with Gasteiger partial charge in [0.1, 0.15) is 15.8 Å². The van der Waals surface area contributed by atoms with Crippen molar-refractivity contribution in [1.82, 2.24) is 14.7 Å². The van der Waals surface area contributed by atoms with Crippen LogP contribution in [-0.4, -0.2) is 49.6 Å². The Hall–Kier alpha value is -3.43. The van der Waals surface area contributed by atoms with Gasteiger partial charge in [-0.1, -0.05) is 54.3 Å². The maximum atomic E-state index is 12.9. The monoisotopic (exact) mass is 465 g/mol. The maximum Gasteiger partial charge on any atom is 0.305 e. The van der Waals surface area contributed by atoms with Gasteiger partial charge in [0, 0.05) is 23.9 Å². The average molecular weight is 466 g/mol. The zero-order valence-corrected chi connectivity index (χ0v) is 18.7. The van der Waals surface area contributed by atoms with Crippen LogP contribution < -0.4 is 4.74 Å². The van der Waals surface area contributed by atoms with Gasteiger partial charge < -0.3 is 9.84 Å². The molecule has 2 aromatic carbocycles. The first-order valence-electron chi connectivity index (χ1n) is 9.73. The number of benzene rings is 2. The number of carbonyl (C=O) groups excluding carboxylic acids is 1. The zero-order chi connectivity index (χ0) is 22.7. The highest BCUT2D eigenvalue weighted by molar-refractivity contribution is 8.26. The number of hydrogen-bond acceptors (Lipinski definition) is 6. The van der Waals surface area contributed by atoms with Crippen LogP contribution in [0.15, 0.2) is 65.7 Å². The van der Waals surface area contributed by atoms with Crippen LogP contribution in [0.25, 0.3) is 23.0 Å². The molecule has 1 N–H and O–H groups in total. The van der Waals surface area contributed by atoms with Crippen LogP contribution in [0.5, 0.6) is 5.75 Å². The molecule has 162 valence electrons. The van der Waals surface area contributed by atoms with Gasteiger partial charge in [-0.2, -0.15) is 5.10 Å². The molecule has 1 aliphatic heterocycles. The summed E-state index contributed by atoms with van der Waals surface area (Å²) in [4.78, 5) is 25.5. The molecule has 2 heterocycles. The molecule has 1 saturated heterocycles. The molecular formula is C23H19N3O4S2. The average Bonchev–Trinajstić information content (AvgIpc) is 3.34. The number of hydrogen-bond donors (Lipinski definition) is 1. The Bertz CT molecular complexity index is 1220. The van der Waals surface area contributed by atoms with Crippen molar-refractivity contribution in [2.24, 2.45) is 0 Å². The maximum absolute atomic E-state index is 12.9. The highest BCUT2D eigenvalue weighted by atomic mass is 32.2. The minimum Gasteiger partial charge on any atom is -0.497 e. The predicted molar refractivity (Wildman–Crippen MR) is 128 cm³/mol. The lowest BCUT2D eigenvalue weighted by Crippen LogP contribution is -2.30. The molecule has 32 heavy (non-hydrogen) atoms. The quantitative estimate of drug-likeness (QED) is 0.413. The van der Waals surface area contributed by atoms with Gasteiger partial charge in [-0.3, -0.25) is 14.5 Å². The van der Waals surface area contributed by atoms with Crippen LogP contribution in [0, 0.1) is 0 Å². The summed E-state index contributed by atoms with van der Waals surface area (Å²) in [7, 11) is 1.60. The zero-order valence-electron chi connectivity index (χ0n) is 17.1. The third kappa shape index (κ3) is 4.58.